The molecule has 1 aromatic rings. The standard InChI is InChI=1S/C26H39FN4O8S/c1-15(2)9-10-29(23(34)38-25(3,4)5)13-16-11-17-18(31(16)24(35)39-26(6,7)8)12-19(32)22(21(17)27)30-14-20(33)28-40(30,36)37/h12,15-16,32H,9-11,13-14H2,1-8H3,(H,28,33)/t16-/m1/s1. The molecule has 14 heteroatoms. The number of phenols is 1. The molecule has 0 saturated carbocycles. The van der Waals surface area contributed by atoms with E-state index in [0.29, 0.717) is 17.3 Å². The summed E-state index contributed by atoms with van der Waals surface area (Å²) >= 11 is 0. The number of amides is 3. The van der Waals surface area contributed by atoms with Crippen LogP contribution in [0.4, 0.5) is 25.4 Å². The fraction of sp³-hybridized carbons (Fsp3) is 0.654. The van der Waals surface area contributed by atoms with Gasteiger partial charge >= 0.3 is 22.4 Å². The molecule has 1 fully saturated rings. The maximum Gasteiger partial charge on any atom is 0.415 e. The topological polar surface area (TPSA) is 146 Å². The van der Waals surface area contributed by atoms with Gasteiger partial charge in [-0.05, 0) is 53.9 Å². The predicted octanol–water partition coefficient (Wildman–Crippen LogP) is 3.66. The molecule has 1 saturated heterocycles. The summed E-state index contributed by atoms with van der Waals surface area (Å²) in [6.07, 6.45) is -0.922. The van der Waals surface area contributed by atoms with Gasteiger partial charge < -0.3 is 19.5 Å². The SMILES string of the molecule is CC(C)CCN(C[C@H]1Cc2c(cc(O)c(N3CC(=O)NS3(=O)=O)c2F)N1C(=O)OC(C)(C)C)C(=O)OC(C)(C)C. The number of carbonyl (C=O) groups excluding carboxylic acids is 3. The Labute approximate surface area is 234 Å². The molecule has 1 atom stereocenters. The molecule has 12 nitrogen and oxygen atoms in total. The molecule has 0 unspecified atom stereocenters. The maximum absolute atomic E-state index is 16.0. The van der Waals surface area contributed by atoms with E-state index >= 15 is 4.39 Å². The first-order chi connectivity index (χ1) is 18.2. The number of hydrogen-bond acceptors (Lipinski definition) is 8. The van der Waals surface area contributed by atoms with Gasteiger partial charge in [0.1, 0.15) is 29.2 Å². The number of phenolic OH excluding ortho intramolecular Hbond substituents is 1. The summed E-state index contributed by atoms with van der Waals surface area (Å²) in [5, 5.41) is 10.7. The Hall–Kier alpha value is -3.29. The quantitative estimate of drug-likeness (QED) is 0.514. The van der Waals surface area contributed by atoms with Crippen LogP contribution in [0.25, 0.3) is 0 Å². The highest BCUT2D eigenvalue weighted by Crippen LogP contribution is 2.45. The second-order valence-electron chi connectivity index (χ2n) is 12.4. The molecule has 2 N–H and O–H groups in total. The zero-order valence-corrected chi connectivity index (χ0v) is 25.0. The van der Waals surface area contributed by atoms with Gasteiger partial charge in [-0.1, -0.05) is 13.8 Å². The van der Waals surface area contributed by atoms with E-state index in [1.54, 1.807) is 46.3 Å². The third-order valence-electron chi connectivity index (χ3n) is 6.08. The van der Waals surface area contributed by atoms with E-state index in [2.05, 4.69) is 0 Å². The number of halogens is 1. The Morgan fingerprint density at radius 3 is 2.27 bits per heavy atom. The molecule has 0 spiro atoms. The van der Waals surface area contributed by atoms with Crippen LogP contribution in [0.3, 0.4) is 0 Å². The van der Waals surface area contributed by atoms with Crippen LogP contribution in [0, 0.1) is 11.7 Å². The highest BCUT2D eigenvalue weighted by atomic mass is 32.2. The van der Waals surface area contributed by atoms with Crippen molar-refractivity contribution >= 4 is 39.7 Å². The number of nitrogens with zero attached hydrogens (tertiary/aromatic N) is 3. The van der Waals surface area contributed by atoms with E-state index in [9.17, 15) is 27.9 Å². The van der Waals surface area contributed by atoms with E-state index in [-0.39, 0.29) is 30.1 Å². The van der Waals surface area contributed by atoms with Gasteiger partial charge in [0.15, 0.2) is 5.82 Å². The number of carbonyl (C=O) groups is 3. The lowest BCUT2D eigenvalue weighted by Gasteiger charge is -2.34. The average molecular weight is 587 g/mol. The fourth-order valence-electron chi connectivity index (χ4n) is 4.43. The van der Waals surface area contributed by atoms with Gasteiger partial charge in [0.2, 0.25) is 0 Å². The van der Waals surface area contributed by atoms with Crippen LogP contribution in [-0.2, 0) is 30.9 Å². The summed E-state index contributed by atoms with van der Waals surface area (Å²) in [5.41, 5.74) is -2.49. The van der Waals surface area contributed by atoms with Crippen molar-refractivity contribution < 1.29 is 41.8 Å². The first-order valence-corrected chi connectivity index (χ1v) is 14.5. The molecule has 3 rings (SSSR count). The zero-order chi connectivity index (χ0) is 30.4. The van der Waals surface area contributed by atoms with Crippen molar-refractivity contribution in [1.82, 2.24) is 9.62 Å². The summed E-state index contributed by atoms with van der Waals surface area (Å²) in [4.78, 5) is 40.9. The molecular weight excluding hydrogens is 547 g/mol. The van der Waals surface area contributed by atoms with Gasteiger partial charge in [0.05, 0.1) is 11.7 Å². The van der Waals surface area contributed by atoms with Crippen molar-refractivity contribution in [3.8, 4) is 5.75 Å². The average Bonchev–Trinajstić information content (AvgIpc) is 3.23. The molecule has 40 heavy (non-hydrogen) atoms. The number of benzene rings is 1. The minimum atomic E-state index is -4.42. The molecule has 224 valence electrons. The molecule has 0 aliphatic carbocycles. The van der Waals surface area contributed by atoms with Crippen molar-refractivity contribution in [1.29, 1.82) is 0 Å². The number of fused-ring (bicyclic) bond motifs is 1. The highest BCUT2D eigenvalue weighted by Gasteiger charge is 2.44. The largest absolute Gasteiger partial charge is 0.506 e. The number of hydrogen-bond donors (Lipinski definition) is 2. The van der Waals surface area contributed by atoms with E-state index in [0.717, 1.165) is 6.07 Å². The molecule has 2 aliphatic heterocycles. The first-order valence-electron chi connectivity index (χ1n) is 13.1. The predicted molar refractivity (Wildman–Crippen MR) is 146 cm³/mol. The van der Waals surface area contributed by atoms with Crippen molar-refractivity contribution in [2.45, 2.75) is 85.5 Å². The van der Waals surface area contributed by atoms with E-state index < -0.39 is 69.3 Å². The van der Waals surface area contributed by atoms with Gasteiger partial charge in [-0.15, -0.1) is 0 Å². The number of anilines is 2. The van der Waals surface area contributed by atoms with Crippen LogP contribution >= 0.6 is 0 Å². The van der Waals surface area contributed by atoms with Crippen LogP contribution in [0.15, 0.2) is 6.07 Å². The third kappa shape index (κ3) is 7.07. The summed E-state index contributed by atoms with van der Waals surface area (Å²) in [5.74, 6) is -2.51. The Bertz CT molecular complexity index is 1290. The smallest absolute Gasteiger partial charge is 0.415 e. The van der Waals surface area contributed by atoms with Gasteiger partial charge in [-0.25, -0.2) is 23.0 Å². The van der Waals surface area contributed by atoms with Crippen molar-refractivity contribution in [3.05, 3.63) is 17.4 Å². The zero-order valence-electron chi connectivity index (χ0n) is 24.2. The second kappa shape index (κ2) is 10.9. The summed E-state index contributed by atoms with van der Waals surface area (Å²) in [6.45, 7) is 13.7. The van der Waals surface area contributed by atoms with Gasteiger partial charge in [-0.3, -0.25) is 9.69 Å². The molecule has 0 bridgehead atoms. The second-order valence-corrected chi connectivity index (χ2v) is 14.0. The maximum atomic E-state index is 16.0. The van der Waals surface area contributed by atoms with Crippen LogP contribution in [0.1, 0.15) is 67.4 Å². The van der Waals surface area contributed by atoms with E-state index in [1.165, 1.54) is 9.80 Å². The summed E-state index contributed by atoms with van der Waals surface area (Å²) in [6, 6.07) is 0.241. The minimum Gasteiger partial charge on any atom is -0.506 e. The van der Waals surface area contributed by atoms with Crippen LogP contribution in [0.2, 0.25) is 0 Å². The van der Waals surface area contributed by atoms with Gasteiger partial charge in [0.25, 0.3) is 5.91 Å². The van der Waals surface area contributed by atoms with Crippen LogP contribution in [-0.4, -0.2) is 73.4 Å². The molecule has 3 amide bonds. The lowest BCUT2D eigenvalue weighted by Crippen LogP contribution is -2.49. The Balaban J connectivity index is 2.07. The monoisotopic (exact) mass is 586 g/mol. The lowest BCUT2D eigenvalue weighted by atomic mass is 10.1. The van der Waals surface area contributed by atoms with Crippen LogP contribution < -0.4 is 13.9 Å². The molecule has 2 aliphatic rings. The van der Waals surface area contributed by atoms with E-state index in [1.807, 2.05) is 13.8 Å². The normalized spacial score (nSPS) is 18.6. The fourth-order valence-corrected chi connectivity index (χ4v) is 5.59. The van der Waals surface area contributed by atoms with Crippen molar-refractivity contribution in [2.24, 2.45) is 5.92 Å². The molecule has 2 heterocycles. The van der Waals surface area contributed by atoms with Crippen molar-refractivity contribution in [2.75, 3.05) is 28.8 Å². The highest BCUT2D eigenvalue weighted by molar-refractivity contribution is 7.92. The number of aromatic hydroxyl groups is 1. The summed E-state index contributed by atoms with van der Waals surface area (Å²) < 4.78 is 54.1. The molecule has 0 radical (unpaired) electrons. The summed E-state index contributed by atoms with van der Waals surface area (Å²) in [7, 11) is -4.42. The number of ether oxygens (including phenoxy) is 2. The first kappa shape index (κ1) is 31.2. The van der Waals surface area contributed by atoms with Crippen molar-refractivity contribution in [3.63, 3.8) is 0 Å². The number of rotatable bonds is 6. The molecular formula is C26H39FN4O8S. The minimum absolute atomic E-state index is 0.0260. The molecule has 1 aromatic carbocycles. The third-order valence-corrected chi connectivity index (χ3v) is 7.46. The van der Waals surface area contributed by atoms with Gasteiger partial charge in [0, 0.05) is 31.1 Å². The van der Waals surface area contributed by atoms with Crippen LogP contribution in [0.5, 0.6) is 5.75 Å². The number of nitrogens with one attached hydrogen (secondary N) is 1. The lowest BCUT2D eigenvalue weighted by molar-refractivity contribution is -0.117. The Kier molecular flexibility index (Phi) is 8.54. The Morgan fingerprint density at radius 1 is 1.18 bits per heavy atom. The van der Waals surface area contributed by atoms with E-state index in [4.69, 9.17) is 9.47 Å². The van der Waals surface area contributed by atoms with Gasteiger partial charge in [-0.2, -0.15) is 8.42 Å². The Morgan fingerprint density at radius 2 is 1.77 bits per heavy atom. The molecule has 0 aromatic heterocycles.